The standard InChI is InChI=1S/C9H11N3/c1-2-8-6-11-9(12-7-8)4-3-5-10/h6-7H,2,5,10H2,1H3. The Hall–Kier alpha value is -1.40. The molecule has 0 aliphatic heterocycles. The molecule has 2 N–H and O–H groups in total. The molecule has 62 valence electrons. The van der Waals surface area contributed by atoms with Gasteiger partial charge in [0.25, 0.3) is 0 Å². The van der Waals surface area contributed by atoms with Gasteiger partial charge in [-0.1, -0.05) is 12.8 Å². The van der Waals surface area contributed by atoms with Crippen LogP contribution < -0.4 is 5.73 Å². The maximum atomic E-state index is 5.20. The second-order valence-electron chi connectivity index (χ2n) is 2.27. The van der Waals surface area contributed by atoms with Crippen LogP contribution >= 0.6 is 0 Å². The van der Waals surface area contributed by atoms with Crippen LogP contribution in [0.3, 0.4) is 0 Å². The summed E-state index contributed by atoms with van der Waals surface area (Å²) in [6.45, 7) is 2.41. The van der Waals surface area contributed by atoms with E-state index in [1.54, 1.807) is 12.4 Å². The van der Waals surface area contributed by atoms with E-state index in [1.165, 1.54) is 0 Å². The molecule has 1 aromatic heterocycles. The van der Waals surface area contributed by atoms with Crippen LogP contribution in [0.2, 0.25) is 0 Å². The average Bonchev–Trinajstić information content (AvgIpc) is 2.15. The zero-order valence-corrected chi connectivity index (χ0v) is 7.04. The van der Waals surface area contributed by atoms with Crippen LogP contribution in [0.5, 0.6) is 0 Å². The Balaban J connectivity index is 2.78. The lowest BCUT2D eigenvalue weighted by atomic mass is 10.3. The highest BCUT2D eigenvalue weighted by atomic mass is 14.8. The molecule has 3 heteroatoms. The number of aryl methyl sites for hydroxylation is 1. The maximum absolute atomic E-state index is 5.20. The Kier molecular flexibility index (Phi) is 3.24. The van der Waals surface area contributed by atoms with Crippen molar-refractivity contribution in [3.8, 4) is 11.8 Å². The molecule has 12 heavy (non-hydrogen) atoms. The summed E-state index contributed by atoms with van der Waals surface area (Å²) in [5.41, 5.74) is 6.32. The summed E-state index contributed by atoms with van der Waals surface area (Å²) < 4.78 is 0. The van der Waals surface area contributed by atoms with Gasteiger partial charge < -0.3 is 5.73 Å². The Bertz CT molecular complexity index is 292. The van der Waals surface area contributed by atoms with Gasteiger partial charge in [0.2, 0.25) is 5.82 Å². The molecule has 0 unspecified atom stereocenters. The molecule has 0 radical (unpaired) electrons. The summed E-state index contributed by atoms with van der Waals surface area (Å²) >= 11 is 0. The fraction of sp³-hybridized carbons (Fsp3) is 0.333. The largest absolute Gasteiger partial charge is 0.320 e. The van der Waals surface area contributed by atoms with Crippen LogP contribution in [0.25, 0.3) is 0 Å². The van der Waals surface area contributed by atoms with Gasteiger partial charge >= 0.3 is 0 Å². The van der Waals surface area contributed by atoms with Gasteiger partial charge in [0, 0.05) is 12.4 Å². The number of nitrogens with two attached hydrogens (primary N) is 1. The minimum absolute atomic E-state index is 0.346. The summed E-state index contributed by atoms with van der Waals surface area (Å²) in [5.74, 6) is 5.99. The van der Waals surface area contributed by atoms with Crippen LogP contribution in [0.1, 0.15) is 18.3 Å². The lowest BCUT2D eigenvalue weighted by Gasteiger charge is -1.92. The minimum atomic E-state index is 0.346. The van der Waals surface area contributed by atoms with E-state index < -0.39 is 0 Å². The average molecular weight is 161 g/mol. The van der Waals surface area contributed by atoms with E-state index in [4.69, 9.17) is 5.73 Å². The van der Waals surface area contributed by atoms with Gasteiger partial charge in [-0.15, -0.1) is 0 Å². The molecule has 0 saturated carbocycles. The third-order valence-corrected chi connectivity index (χ3v) is 1.42. The van der Waals surface area contributed by atoms with Crippen LogP contribution in [0, 0.1) is 11.8 Å². The maximum Gasteiger partial charge on any atom is 0.204 e. The Labute approximate surface area is 72.0 Å². The monoisotopic (exact) mass is 161 g/mol. The van der Waals surface area contributed by atoms with Gasteiger partial charge in [0.05, 0.1) is 6.54 Å². The second-order valence-corrected chi connectivity index (χ2v) is 2.27. The zero-order chi connectivity index (χ0) is 8.81. The number of nitrogens with zero attached hydrogens (tertiary/aromatic N) is 2. The van der Waals surface area contributed by atoms with Gasteiger partial charge in [-0.05, 0) is 17.9 Å². The molecular formula is C9H11N3. The first kappa shape index (κ1) is 8.69. The van der Waals surface area contributed by atoms with Crippen molar-refractivity contribution in [3.05, 3.63) is 23.8 Å². The third-order valence-electron chi connectivity index (χ3n) is 1.42. The molecule has 0 aliphatic carbocycles. The number of hydrogen-bond acceptors (Lipinski definition) is 3. The van der Waals surface area contributed by atoms with E-state index >= 15 is 0 Å². The Morgan fingerprint density at radius 2 is 2.08 bits per heavy atom. The Morgan fingerprint density at radius 1 is 1.42 bits per heavy atom. The van der Waals surface area contributed by atoms with Crippen LogP contribution in [-0.4, -0.2) is 16.5 Å². The molecular weight excluding hydrogens is 150 g/mol. The highest BCUT2D eigenvalue weighted by molar-refractivity contribution is 5.21. The molecule has 1 heterocycles. The summed E-state index contributed by atoms with van der Waals surface area (Å²) in [5, 5.41) is 0. The van der Waals surface area contributed by atoms with Crippen LogP contribution in [0.4, 0.5) is 0 Å². The van der Waals surface area contributed by atoms with Crippen LogP contribution in [-0.2, 0) is 6.42 Å². The molecule has 1 aromatic rings. The third kappa shape index (κ3) is 2.33. The first-order chi connectivity index (χ1) is 5.86. The highest BCUT2D eigenvalue weighted by Gasteiger charge is 1.90. The molecule has 0 aromatic carbocycles. The van der Waals surface area contributed by atoms with Crippen molar-refractivity contribution in [1.29, 1.82) is 0 Å². The van der Waals surface area contributed by atoms with Crippen molar-refractivity contribution < 1.29 is 0 Å². The van der Waals surface area contributed by atoms with Gasteiger partial charge in [-0.3, -0.25) is 0 Å². The Morgan fingerprint density at radius 3 is 2.58 bits per heavy atom. The number of aromatic nitrogens is 2. The van der Waals surface area contributed by atoms with Gasteiger partial charge in [0.15, 0.2) is 0 Å². The fourth-order valence-corrected chi connectivity index (χ4v) is 0.732. The number of hydrogen-bond donors (Lipinski definition) is 1. The van der Waals surface area contributed by atoms with Crippen LogP contribution in [0.15, 0.2) is 12.4 Å². The van der Waals surface area contributed by atoms with Gasteiger partial charge in [-0.25, -0.2) is 9.97 Å². The van der Waals surface area contributed by atoms with E-state index in [9.17, 15) is 0 Å². The lowest BCUT2D eigenvalue weighted by Crippen LogP contribution is -1.95. The van der Waals surface area contributed by atoms with E-state index in [0.29, 0.717) is 12.4 Å². The normalized spacial score (nSPS) is 8.83. The topological polar surface area (TPSA) is 51.8 Å². The predicted octanol–water partition coefficient (Wildman–Crippen LogP) is 0.349. The number of rotatable bonds is 1. The van der Waals surface area contributed by atoms with Crippen molar-refractivity contribution >= 4 is 0 Å². The minimum Gasteiger partial charge on any atom is -0.320 e. The molecule has 1 rings (SSSR count). The van der Waals surface area contributed by atoms with Crippen molar-refractivity contribution in [2.75, 3.05) is 6.54 Å². The van der Waals surface area contributed by atoms with E-state index in [1.807, 2.05) is 0 Å². The van der Waals surface area contributed by atoms with Crippen molar-refractivity contribution in [1.82, 2.24) is 9.97 Å². The van der Waals surface area contributed by atoms with E-state index in [0.717, 1.165) is 12.0 Å². The first-order valence-corrected chi connectivity index (χ1v) is 3.86. The van der Waals surface area contributed by atoms with Crippen molar-refractivity contribution in [3.63, 3.8) is 0 Å². The summed E-state index contributed by atoms with van der Waals surface area (Å²) in [6, 6.07) is 0. The molecule has 0 spiro atoms. The molecule has 0 bridgehead atoms. The molecule has 0 fully saturated rings. The zero-order valence-electron chi connectivity index (χ0n) is 7.04. The molecule has 0 atom stereocenters. The van der Waals surface area contributed by atoms with Gasteiger partial charge in [0.1, 0.15) is 0 Å². The van der Waals surface area contributed by atoms with Crippen molar-refractivity contribution in [2.45, 2.75) is 13.3 Å². The molecule has 0 aliphatic rings. The predicted molar refractivity (Wildman–Crippen MR) is 47.3 cm³/mol. The molecule has 0 amide bonds. The highest BCUT2D eigenvalue weighted by Crippen LogP contribution is 1.94. The van der Waals surface area contributed by atoms with Gasteiger partial charge in [-0.2, -0.15) is 0 Å². The molecule has 3 nitrogen and oxygen atoms in total. The fourth-order valence-electron chi connectivity index (χ4n) is 0.732. The van der Waals surface area contributed by atoms with E-state index in [-0.39, 0.29) is 0 Å². The van der Waals surface area contributed by atoms with Crippen molar-refractivity contribution in [2.24, 2.45) is 5.73 Å². The summed E-state index contributed by atoms with van der Waals surface area (Å²) in [7, 11) is 0. The SMILES string of the molecule is CCc1cnc(C#CCN)nc1. The summed E-state index contributed by atoms with van der Waals surface area (Å²) in [4.78, 5) is 8.09. The van der Waals surface area contributed by atoms with E-state index in [2.05, 4.69) is 28.7 Å². The first-order valence-electron chi connectivity index (χ1n) is 3.86. The molecule has 0 saturated heterocycles. The summed E-state index contributed by atoms with van der Waals surface area (Å²) in [6.07, 6.45) is 4.52. The lowest BCUT2D eigenvalue weighted by molar-refractivity contribution is 1.03. The second kappa shape index (κ2) is 4.47. The smallest absolute Gasteiger partial charge is 0.204 e. The quantitative estimate of drug-likeness (QED) is 0.605.